The zero-order valence-corrected chi connectivity index (χ0v) is 10.0. The van der Waals surface area contributed by atoms with Crippen molar-refractivity contribution in [2.75, 3.05) is 5.73 Å². The zero-order chi connectivity index (χ0) is 11.4. The number of nitrogen functional groups attached to an aromatic ring is 1. The summed E-state index contributed by atoms with van der Waals surface area (Å²) in [5.74, 6) is 1.05. The Hall–Kier alpha value is -1.31. The number of pyridine rings is 1. The minimum absolute atomic E-state index is 0.435. The number of aromatic nitrogens is 1. The highest BCUT2D eigenvalue weighted by Gasteiger charge is 2.10. The molecule has 2 N–H and O–H groups in total. The number of hydrogen-bond acceptors (Lipinski definition) is 2. The lowest BCUT2D eigenvalue weighted by molar-refractivity contribution is 0.718. The summed E-state index contributed by atoms with van der Waals surface area (Å²) in [6.07, 6.45) is 3.20. The molecule has 0 amide bonds. The smallest absolute Gasteiger partial charge is 0.123 e. The van der Waals surface area contributed by atoms with Crippen LogP contribution in [0.5, 0.6) is 0 Å². The first-order chi connectivity index (χ1) is 7.04. The molecule has 2 heteroatoms. The fourth-order valence-corrected chi connectivity index (χ4v) is 1.76. The van der Waals surface area contributed by atoms with Gasteiger partial charge in [0.25, 0.3) is 0 Å². The van der Waals surface area contributed by atoms with Crippen molar-refractivity contribution in [3.8, 4) is 0 Å². The van der Waals surface area contributed by atoms with E-state index in [2.05, 4.69) is 38.8 Å². The molecule has 82 valence electrons. The van der Waals surface area contributed by atoms with Gasteiger partial charge in [-0.25, -0.2) is 4.98 Å². The number of aryl methyl sites for hydroxylation is 1. The Bertz CT molecular complexity index is 367. The Morgan fingerprint density at radius 3 is 2.80 bits per heavy atom. The van der Waals surface area contributed by atoms with Gasteiger partial charge in [-0.05, 0) is 38.8 Å². The molecule has 1 aromatic rings. The maximum Gasteiger partial charge on any atom is 0.123 e. The van der Waals surface area contributed by atoms with E-state index < -0.39 is 0 Å². The molecule has 0 saturated heterocycles. The van der Waals surface area contributed by atoms with E-state index in [-0.39, 0.29) is 0 Å². The lowest BCUT2D eigenvalue weighted by atomic mass is 9.95. The Balaban J connectivity index is 2.90. The highest BCUT2D eigenvalue weighted by Crippen LogP contribution is 2.24. The van der Waals surface area contributed by atoms with Crippen LogP contribution in [0.15, 0.2) is 23.8 Å². The van der Waals surface area contributed by atoms with E-state index in [1.165, 1.54) is 11.1 Å². The zero-order valence-electron chi connectivity index (χ0n) is 10.0. The second-order valence-corrected chi connectivity index (χ2v) is 4.18. The lowest BCUT2D eigenvalue weighted by Crippen LogP contribution is -2.03. The van der Waals surface area contributed by atoms with Crippen LogP contribution in [0.1, 0.15) is 44.4 Å². The van der Waals surface area contributed by atoms with Gasteiger partial charge in [0.05, 0.1) is 0 Å². The lowest BCUT2D eigenvalue weighted by Gasteiger charge is -2.14. The molecular weight excluding hydrogens is 184 g/mol. The third kappa shape index (κ3) is 3.08. The quantitative estimate of drug-likeness (QED) is 0.766. The molecule has 0 bridgehead atoms. The van der Waals surface area contributed by atoms with Crippen molar-refractivity contribution in [1.82, 2.24) is 4.98 Å². The normalized spacial score (nSPS) is 14.0. The van der Waals surface area contributed by atoms with E-state index in [4.69, 9.17) is 5.73 Å². The summed E-state index contributed by atoms with van der Waals surface area (Å²) in [6, 6.07) is 3.90. The first-order valence-electron chi connectivity index (χ1n) is 5.39. The largest absolute Gasteiger partial charge is 0.384 e. The van der Waals surface area contributed by atoms with Gasteiger partial charge in [0.2, 0.25) is 0 Å². The predicted molar refractivity (Wildman–Crippen MR) is 65.8 cm³/mol. The summed E-state index contributed by atoms with van der Waals surface area (Å²) in [5, 5.41) is 0. The standard InChI is InChI=1S/C13H20N2/c1-5-9(2)8-11(4)13-10(3)6-7-12(14)15-13/h5-7,11H,8H2,1-4H3,(H2,14,15)/b9-5+. The van der Waals surface area contributed by atoms with E-state index in [9.17, 15) is 0 Å². The summed E-state index contributed by atoms with van der Waals surface area (Å²) in [7, 11) is 0. The summed E-state index contributed by atoms with van der Waals surface area (Å²) >= 11 is 0. The SMILES string of the molecule is C/C=C(\C)CC(C)c1nc(N)ccc1C. The second kappa shape index (κ2) is 4.96. The monoisotopic (exact) mass is 204 g/mol. The van der Waals surface area contributed by atoms with E-state index in [1.807, 2.05) is 12.1 Å². The molecule has 1 unspecified atom stereocenters. The third-order valence-electron chi connectivity index (χ3n) is 2.75. The van der Waals surface area contributed by atoms with Crippen LogP contribution < -0.4 is 5.73 Å². The van der Waals surface area contributed by atoms with Crippen LogP contribution in [-0.4, -0.2) is 4.98 Å². The maximum atomic E-state index is 5.70. The van der Waals surface area contributed by atoms with Crippen LogP contribution in [-0.2, 0) is 0 Å². The first-order valence-corrected chi connectivity index (χ1v) is 5.39. The van der Waals surface area contributed by atoms with Crippen molar-refractivity contribution >= 4 is 5.82 Å². The highest BCUT2D eigenvalue weighted by atomic mass is 14.8. The molecule has 0 saturated carbocycles. The molecule has 0 aliphatic rings. The van der Waals surface area contributed by atoms with Gasteiger partial charge in [-0.1, -0.05) is 24.6 Å². The summed E-state index contributed by atoms with van der Waals surface area (Å²) in [4.78, 5) is 4.41. The summed E-state index contributed by atoms with van der Waals surface area (Å²) in [6.45, 7) is 8.50. The van der Waals surface area contributed by atoms with Gasteiger partial charge in [0.1, 0.15) is 5.82 Å². The molecule has 1 aromatic heterocycles. The average Bonchev–Trinajstić information content (AvgIpc) is 2.21. The van der Waals surface area contributed by atoms with Crippen LogP contribution >= 0.6 is 0 Å². The number of hydrogen-bond donors (Lipinski definition) is 1. The van der Waals surface area contributed by atoms with Crippen LogP contribution in [0.2, 0.25) is 0 Å². The van der Waals surface area contributed by atoms with E-state index in [0.29, 0.717) is 11.7 Å². The molecule has 15 heavy (non-hydrogen) atoms. The minimum atomic E-state index is 0.435. The van der Waals surface area contributed by atoms with Crippen LogP contribution in [0.4, 0.5) is 5.82 Å². The van der Waals surface area contributed by atoms with E-state index >= 15 is 0 Å². The Labute approximate surface area is 92.2 Å². The average molecular weight is 204 g/mol. The van der Waals surface area contributed by atoms with Crippen molar-refractivity contribution in [3.63, 3.8) is 0 Å². The van der Waals surface area contributed by atoms with Crippen molar-refractivity contribution in [2.24, 2.45) is 0 Å². The maximum absolute atomic E-state index is 5.70. The molecule has 1 heterocycles. The second-order valence-electron chi connectivity index (χ2n) is 4.18. The predicted octanol–water partition coefficient (Wildman–Crippen LogP) is 3.43. The Kier molecular flexibility index (Phi) is 3.89. The molecule has 1 atom stereocenters. The number of nitrogens with zero attached hydrogens (tertiary/aromatic N) is 1. The fraction of sp³-hybridized carbons (Fsp3) is 0.462. The molecule has 0 aliphatic heterocycles. The topological polar surface area (TPSA) is 38.9 Å². The van der Waals surface area contributed by atoms with Gasteiger partial charge in [-0.15, -0.1) is 0 Å². The van der Waals surface area contributed by atoms with Crippen LogP contribution in [0, 0.1) is 6.92 Å². The molecule has 0 aliphatic carbocycles. The molecule has 0 fully saturated rings. The van der Waals surface area contributed by atoms with Crippen LogP contribution in [0.25, 0.3) is 0 Å². The van der Waals surface area contributed by atoms with E-state index in [1.54, 1.807) is 0 Å². The number of anilines is 1. The van der Waals surface area contributed by atoms with Gasteiger partial charge >= 0.3 is 0 Å². The number of rotatable bonds is 3. The van der Waals surface area contributed by atoms with Crippen LogP contribution in [0.3, 0.4) is 0 Å². The van der Waals surface area contributed by atoms with Gasteiger partial charge in [0.15, 0.2) is 0 Å². The van der Waals surface area contributed by atoms with Crippen molar-refractivity contribution in [2.45, 2.75) is 40.0 Å². The van der Waals surface area contributed by atoms with Gasteiger partial charge in [0, 0.05) is 11.6 Å². The Morgan fingerprint density at radius 2 is 2.20 bits per heavy atom. The highest BCUT2D eigenvalue weighted by molar-refractivity contribution is 5.35. The summed E-state index contributed by atoms with van der Waals surface area (Å²) in [5.41, 5.74) is 9.44. The van der Waals surface area contributed by atoms with Gasteiger partial charge < -0.3 is 5.73 Å². The molecular formula is C13H20N2. The minimum Gasteiger partial charge on any atom is -0.384 e. The molecule has 0 radical (unpaired) electrons. The number of nitrogens with two attached hydrogens (primary N) is 1. The first kappa shape index (κ1) is 11.8. The summed E-state index contributed by atoms with van der Waals surface area (Å²) < 4.78 is 0. The number of allylic oxidation sites excluding steroid dienone is 2. The fourth-order valence-electron chi connectivity index (χ4n) is 1.76. The molecule has 1 rings (SSSR count). The van der Waals surface area contributed by atoms with Crippen molar-refractivity contribution in [3.05, 3.63) is 35.0 Å². The molecule has 2 nitrogen and oxygen atoms in total. The van der Waals surface area contributed by atoms with E-state index in [0.717, 1.165) is 12.1 Å². The van der Waals surface area contributed by atoms with Gasteiger partial charge in [-0.3, -0.25) is 0 Å². The van der Waals surface area contributed by atoms with Gasteiger partial charge in [-0.2, -0.15) is 0 Å². The Morgan fingerprint density at radius 1 is 1.53 bits per heavy atom. The van der Waals surface area contributed by atoms with Crippen molar-refractivity contribution in [1.29, 1.82) is 0 Å². The van der Waals surface area contributed by atoms with Crippen molar-refractivity contribution < 1.29 is 0 Å². The molecule has 0 spiro atoms. The molecule has 0 aromatic carbocycles. The third-order valence-corrected chi connectivity index (χ3v) is 2.75.